The van der Waals surface area contributed by atoms with Gasteiger partial charge in [0.15, 0.2) is 6.29 Å². The molecule has 0 saturated heterocycles. The number of benzene rings is 1. The van der Waals surface area contributed by atoms with Crippen molar-refractivity contribution in [1.82, 2.24) is 0 Å². The first kappa shape index (κ1) is 9.12. The van der Waals surface area contributed by atoms with Crippen LogP contribution in [-0.4, -0.2) is 6.29 Å². The fourth-order valence-corrected chi connectivity index (χ4v) is 1.26. The van der Waals surface area contributed by atoms with Crippen LogP contribution in [0.3, 0.4) is 0 Å². The van der Waals surface area contributed by atoms with Crippen molar-refractivity contribution in [2.45, 2.75) is 0 Å². The summed E-state index contributed by atoms with van der Waals surface area (Å²) in [6, 6.07) is 4.89. The van der Waals surface area contributed by atoms with Crippen molar-refractivity contribution in [3.63, 3.8) is 0 Å². The molecule has 0 heterocycles. The minimum atomic E-state index is 0.512. The van der Waals surface area contributed by atoms with E-state index in [1.165, 1.54) is 0 Å². The quantitative estimate of drug-likeness (QED) is 0.463. The van der Waals surface area contributed by atoms with Gasteiger partial charge in [0.2, 0.25) is 0 Å². The second-order valence-corrected chi connectivity index (χ2v) is 2.92. The van der Waals surface area contributed by atoms with Gasteiger partial charge < -0.3 is 0 Å². The van der Waals surface area contributed by atoms with E-state index in [-0.39, 0.29) is 0 Å². The van der Waals surface area contributed by atoms with Gasteiger partial charge in [-0.25, -0.2) is 0 Å². The standard InChI is InChI=1S/C9H4Cl2O/c10-8-4-7(2-1-3-12)5-9(11)6-8/h3-6H. The molecule has 1 aromatic carbocycles. The van der Waals surface area contributed by atoms with E-state index in [1.807, 2.05) is 0 Å². The molecule has 0 saturated carbocycles. The van der Waals surface area contributed by atoms with Gasteiger partial charge in [-0.1, -0.05) is 29.1 Å². The first-order valence-electron chi connectivity index (χ1n) is 3.13. The van der Waals surface area contributed by atoms with Crippen LogP contribution in [0.5, 0.6) is 0 Å². The average Bonchev–Trinajstić information content (AvgIpc) is 1.99. The fourth-order valence-electron chi connectivity index (χ4n) is 0.739. The highest BCUT2D eigenvalue weighted by Crippen LogP contribution is 2.18. The predicted molar refractivity (Wildman–Crippen MR) is 49.4 cm³/mol. The van der Waals surface area contributed by atoms with E-state index < -0.39 is 0 Å². The monoisotopic (exact) mass is 198 g/mol. The minimum absolute atomic E-state index is 0.512. The van der Waals surface area contributed by atoms with E-state index >= 15 is 0 Å². The zero-order chi connectivity index (χ0) is 8.97. The number of aldehydes is 1. The van der Waals surface area contributed by atoms with Crippen molar-refractivity contribution in [1.29, 1.82) is 0 Å². The zero-order valence-corrected chi connectivity index (χ0v) is 7.49. The molecular weight excluding hydrogens is 195 g/mol. The molecule has 1 rings (SSSR count). The van der Waals surface area contributed by atoms with Crippen LogP contribution in [0.25, 0.3) is 0 Å². The predicted octanol–water partition coefficient (Wildman–Crippen LogP) is 2.54. The molecule has 0 unspecified atom stereocenters. The van der Waals surface area contributed by atoms with Gasteiger partial charge in [-0.3, -0.25) is 4.79 Å². The summed E-state index contributed by atoms with van der Waals surface area (Å²) in [5.74, 6) is 4.86. The summed E-state index contributed by atoms with van der Waals surface area (Å²) in [5, 5.41) is 1.02. The highest BCUT2D eigenvalue weighted by molar-refractivity contribution is 6.34. The summed E-state index contributed by atoms with van der Waals surface area (Å²) in [6.07, 6.45) is 0.523. The first-order chi connectivity index (χ1) is 5.72. The van der Waals surface area contributed by atoms with E-state index in [4.69, 9.17) is 23.2 Å². The number of carbonyl (C=O) groups is 1. The molecule has 1 aromatic rings. The highest BCUT2D eigenvalue weighted by atomic mass is 35.5. The van der Waals surface area contributed by atoms with Gasteiger partial charge in [-0.2, -0.15) is 0 Å². The molecular formula is C9H4Cl2O. The Bertz CT molecular complexity index is 340. The molecule has 0 bridgehead atoms. The zero-order valence-electron chi connectivity index (χ0n) is 5.97. The van der Waals surface area contributed by atoms with Gasteiger partial charge in [0.25, 0.3) is 0 Å². The van der Waals surface area contributed by atoms with Crippen LogP contribution in [0.4, 0.5) is 0 Å². The molecule has 0 aliphatic rings. The maximum atomic E-state index is 9.91. The SMILES string of the molecule is O=CC#Cc1cc(Cl)cc(Cl)c1. The molecule has 0 N–H and O–H groups in total. The number of carbonyl (C=O) groups excluding carboxylic acids is 1. The Morgan fingerprint density at radius 3 is 2.25 bits per heavy atom. The summed E-state index contributed by atoms with van der Waals surface area (Å²) < 4.78 is 0. The molecule has 0 atom stereocenters. The Balaban J connectivity index is 3.08. The van der Waals surface area contributed by atoms with Crippen LogP contribution < -0.4 is 0 Å². The van der Waals surface area contributed by atoms with Gasteiger partial charge in [-0.05, 0) is 24.1 Å². The lowest BCUT2D eigenvalue weighted by molar-refractivity contribution is -0.103. The van der Waals surface area contributed by atoms with Gasteiger partial charge in [0, 0.05) is 15.6 Å². The smallest absolute Gasteiger partial charge is 0.193 e. The highest BCUT2D eigenvalue weighted by Gasteiger charge is 1.93. The van der Waals surface area contributed by atoms with Crippen molar-refractivity contribution < 1.29 is 4.79 Å². The normalized spacial score (nSPS) is 8.50. The minimum Gasteiger partial charge on any atom is -0.289 e. The van der Waals surface area contributed by atoms with Gasteiger partial charge in [0.05, 0.1) is 0 Å². The molecule has 0 aromatic heterocycles. The third-order valence-corrected chi connectivity index (χ3v) is 1.57. The lowest BCUT2D eigenvalue weighted by atomic mass is 10.2. The van der Waals surface area contributed by atoms with Crippen molar-refractivity contribution >= 4 is 29.5 Å². The van der Waals surface area contributed by atoms with E-state index in [1.54, 1.807) is 18.2 Å². The largest absolute Gasteiger partial charge is 0.289 e. The summed E-state index contributed by atoms with van der Waals surface area (Å²) in [5.41, 5.74) is 0.639. The first-order valence-corrected chi connectivity index (χ1v) is 3.89. The summed E-state index contributed by atoms with van der Waals surface area (Å²) in [7, 11) is 0. The molecule has 60 valence electrons. The van der Waals surface area contributed by atoms with Crippen LogP contribution in [0.1, 0.15) is 5.56 Å². The molecule has 3 heteroatoms. The Kier molecular flexibility index (Phi) is 3.16. The van der Waals surface area contributed by atoms with Crippen LogP contribution >= 0.6 is 23.2 Å². The molecule has 0 spiro atoms. The number of halogens is 2. The van der Waals surface area contributed by atoms with Crippen molar-refractivity contribution in [2.75, 3.05) is 0 Å². The Morgan fingerprint density at radius 1 is 1.17 bits per heavy atom. The number of rotatable bonds is 0. The number of hydrogen-bond donors (Lipinski definition) is 0. The van der Waals surface area contributed by atoms with Crippen LogP contribution in [0.15, 0.2) is 18.2 Å². The molecule has 0 amide bonds. The molecule has 0 radical (unpaired) electrons. The van der Waals surface area contributed by atoms with Crippen LogP contribution in [0, 0.1) is 11.8 Å². The van der Waals surface area contributed by atoms with Gasteiger partial charge >= 0.3 is 0 Å². The molecule has 0 aliphatic heterocycles. The van der Waals surface area contributed by atoms with E-state index in [9.17, 15) is 4.79 Å². The lowest BCUT2D eigenvalue weighted by Gasteiger charge is -1.93. The Hall–Kier alpha value is -0.970. The topological polar surface area (TPSA) is 17.1 Å². The lowest BCUT2D eigenvalue weighted by Crippen LogP contribution is -1.75. The molecule has 0 fully saturated rings. The Morgan fingerprint density at radius 2 is 1.75 bits per heavy atom. The van der Waals surface area contributed by atoms with Gasteiger partial charge in [0.1, 0.15) is 0 Å². The van der Waals surface area contributed by atoms with Crippen LogP contribution in [-0.2, 0) is 4.79 Å². The molecule has 12 heavy (non-hydrogen) atoms. The van der Waals surface area contributed by atoms with E-state index in [2.05, 4.69) is 11.8 Å². The molecule has 0 aliphatic carbocycles. The van der Waals surface area contributed by atoms with Gasteiger partial charge in [-0.15, -0.1) is 0 Å². The second-order valence-electron chi connectivity index (χ2n) is 2.05. The van der Waals surface area contributed by atoms with E-state index in [0.29, 0.717) is 21.9 Å². The summed E-state index contributed by atoms with van der Waals surface area (Å²) in [6.45, 7) is 0. The maximum Gasteiger partial charge on any atom is 0.193 e. The third-order valence-electron chi connectivity index (χ3n) is 1.14. The van der Waals surface area contributed by atoms with Crippen molar-refractivity contribution in [2.24, 2.45) is 0 Å². The fraction of sp³-hybridized carbons (Fsp3) is 0. The van der Waals surface area contributed by atoms with E-state index in [0.717, 1.165) is 0 Å². The number of hydrogen-bond acceptors (Lipinski definition) is 1. The summed E-state index contributed by atoms with van der Waals surface area (Å²) in [4.78, 5) is 9.91. The van der Waals surface area contributed by atoms with Crippen molar-refractivity contribution in [3.8, 4) is 11.8 Å². The van der Waals surface area contributed by atoms with Crippen LogP contribution in [0.2, 0.25) is 10.0 Å². The third kappa shape index (κ3) is 2.58. The summed E-state index contributed by atoms with van der Waals surface area (Å²) >= 11 is 11.4. The maximum absolute atomic E-state index is 9.91. The molecule has 1 nitrogen and oxygen atoms in total. The average molecular weight is 199 g/mol. The second kappa shape index (κ2) is 4.15. The van der Waals surface area contributed by atoms with Crippen molar-refractivity contribution in [3.05, 3.63) is 33.8 Å². The Labute approximate surface area is 80.3 Å².